The smallest absolute Gasteiger partial charge is 0.197 e. The predicted molar refractivity (Wildman–Crippen MR) is 80.1 cm³/mol. The van der Waals surface area contributed by atoms with Gasteiger partial charge in [-0.25, -0.2) is 15.0 Å². The number of hydrogen-bond acceptors (Lipinski definition) is 5. The maximum absolute atomic E-state index is 5.72. The molecular weight excluding hydrogens is 272 g/mol. The fourth-order valence-electron chi connectivity index (χ4n) is 1.97. The average Bonchev–Trinajstić information content (AvgIpc) is 2.91. The van der Waals surface area contributed by atoms with E-state index in [1.54, 1.807) is 24.2 Å². The maximum atomic E-state index is 5.72. The highest BCUT2D eigenvalue weighted by molar-refractivity contribution is 7.98. The van der Waals surface area contributed by atoms with Gasteiger partial charge in [-0.05, 0) is 31.4 Å². The molecule has 0 spiro atoms. The molecule has 0 aliphatic heterocycles. The van der Waals surface area contributed by atoms with Gasteiger partial charge in [0.05, 0.1) is 12.2 Å². The molecule has 20 heavy (non-hydrogen) atoms. The molecule has 0 bridgehead atoms. The van der Waals surface area contributed by atoms with E-state index in [-0.39, 0.29) is 0 Å². The van der Waals surface area contributed by atoms with Gasteiger partial charge in [0.1, 0.15) is 11.6 Å². The Morgan fingerprint density at radius 3 is 2.85 bits per heavy atom. The van der Waals surface area contributed by atoms with Crippen LogP contribution in [0.5, 0.6) is 5.75 Å². The van der Waals surface area contributed by atoms with Crippen LogP contribution in [-0.4, -0.2) is 32.8 Å². The van der Waals surface area contributed by atoms with Crippen molar-refractivity contribution in [2.45, 2.75) is 11.8 Å². The topological polar surface area (TPSA) is 63.7 Å². The highest BCUT2D eigenvalue weighted by atomic mass is 32.2. The first-order valence-corrected chi connectivity index (χ1v) is 7.52. The highest BCUT2D eigenvalue weighted by Gasteiger charge is 2.12. The van der Waals surface area contributed by atoms with Crippen LogP contribution in [0.3, 0.4) is 0 Å². The van der Waals surface area contributed by atoms with Crippen LogP contribution in [0.15, 0.2) is 35.5 Å². The predicted octanol–water partition coefficient (Wildman–Crippen LogP) is 3.14. The molecule has 0 aliphatic rings. The fraction of sp³-hybridized carbons (Fsp3) is 0.214. The molecule has 0 unspecified atom stereocenters. The second-order valence-corrected chi connectivity index (χ2v) is 4.99. The number of hydrogen-bond donors (Lipinski definition) is 1. The zero-order valence-electron chi connectivity index (χ0n) is 11.3. The summed E-state index contributed by atoms with van der Waals surface area (Å²) in [6, 6.07) is 6.09. The molecule has 0 fully saturated rings. The molecule has 0 radical (unpaired) electrons. The lowest BCUT2D eigenvalue weighted by Gasteiger charge is -2.09. The molecule has 0 saturated carbocycles. The molecule has 2 heterocycles. The number of H-pyrrole nitrogens is 1. The molecule has 3 rings (SSSR count). The third-order valence-electron chi connectivity index (χ3n) is 2.88. The van der Waals surface area contributed by atoms with Gasteiger partial charge in [0.25, 0.3) is 0 Å². The summed E-state index contributed by atoms with van der Waals surface area (Å²) in [4.78, 5) is 17.2. The number of fused-ring (bicyclic) bond motifs is 1. The summed E-state index contributed by atoms with van der Waals surface area (Å²) in [6.45, 7) is 2.58. The molecule has 0 aliphatic carbocycles. The number of ether oxygens (including phenoxy) is 1. The van der Waals surface area contributed by atoms with E-state index in [0.717, 1.165) is 22.0 Å². The van der Waals surface area contributed by atoms with Gasteiger partial charge in [0, 0.05) is 17.3 Å². The van der Waals surface area contributed by atoms with Crippen molar-refractivity contribution in [3.8, 4) is 17.1 Å². The van der Waals surface area contributed by atoms with Gasteiger partial charge in [-0.1, -0.05) is 0 Å². The van der Waals surface area contributed by atoms with Crippen LogP contribution >= 0.6 is 11.8 Å². The van der Waals surface area contributed by atoms with E-state index >= 15 is 0 Å². The van der Waals surface area contributed by atoms with Gasteiger partial charge >= 0.3 is 0 Å². The Kier molecular flexibility index (Phi) is 3.56. The van der Waals surface area contributed by atoms with E-state index in [0.29, 0.717) is 17.9 Å². The van der Waals surface area contributed by atoms with Crippen LogP contribution in [0.4, 0.5) is 0 Å². The van der Waals surface area contributed by atoms with Crippen LogP contribution < -0.4 is 4.74 Å². The minimum Gasteiger partial charge on any atom is -0.493 e. The van der Waals surface area contributed by atoms with Gasteiger partial charge in [-0.2, -0.15) is 0 Å². The molecule has 1 aromatic carbocycles. The molecule has 102 valence electrons. The van der Waals surface area contributed by atoms with Crippen LogP contribution in [0.2, 0.25) is 0 Å². The van der Waals surface area contributed by atoms with Gasteiger partial charge in [0.15, 0.2) is 11.3 Å². The summed E-state index contributed by atoms with van der Waals surface area (Å²) in [7, 11) is 0. The number of aromatic amines is 1. The molecule has 5 nitrogen and oxygen atoms in total. The third kappa shape index (κ3) is 2.34. The Morgan fingerprint density at radius 1 is 1.25 bits per heavy atom. The zero-order valence-corrected chi connectivity index (χ0v) is 12.1. The Balaban J connectivity index is 2.12. The van der Waals surface area contributed by atoms with E-state index in [1.807, 2.05) is 25.3 Å². The fourth-order valence-corrected chi connectivity index (χ4v) is 2.40. The molecule has 6 heteroatoms. The van der Waals surface area contributed by atoms with E-state index in [1.165, 1.54) is 0 Å². The molecule has 3 aromatic rings. The van der Waals surface area contributed by atoms with E-state index < -0.39 is 0 Å². The zero-order chi connectivity index (χ0) is 13.9. The minimum absolute atomic E-state index is 0.610. The number of imidazole rings is 1. The van der Waals surface area contributed by atoms with Crippen molar-refractivity contribution in [3.63, 3.8) is 0 Å². The number of nitrogens with one attached hydrogen (secondary N) is 1. The first kappa shape index (κ1) is 12.9. The Bertz CT molecular complexity index is 708. The van der Waals surface area contributed by atoms with Crippen molar-refractivity contribution in [2.75, 3.05) is 12.9 Å². The molecule has 0 amide bonds. The normalized spacial score (nSPS) is 10.9. The van der Waals surface area contributed by atoms with Crippen molar-refractivity contribution in [1.82, 2.24) is 19.9 Å². The monoisotopic (exact) mass is 286 g/mol. The van der Waals surface area contributed by atoms with Crippen molar-refractivity contribution >= 4 is 23.1 Å². The average molecular weight is 286 g/mol. The number of rotatable bonds is 4. The lowest BCUT2D eigenvalue weighted by molar-refractivity contribution is 0.340. The second kappa shape index (κ2) is 5.50. The van der Waals surface area contributed by atoms with Crippen molar-refractivity contribution in [2.24, 2.45) is 0 Å². The first-order chi connectivity index (χ1) is 9.81. The molecule has 2 aromatic heterocycles. The van der Waals surface area contributed by atoms with Crippen molar-refractivity contribution < 1.29 is 4.74 Å². The number of aromatic nitrogens is 4. The van der Waals surface area contributed by atoms with Gasteiger partial charge in [-0.3, -0.25) is 0 Å². The Morgan fingerprint density at radius 2 is 2.10 bits per heavy atom. The van der Waals surface area contributed by atoms with Crippen molar-refractivity contribution in [1.29, 1.82) is 0 Å². The van der Waals surface area contributed by atoms with Crippen LogP contribution in [0.1, 0.15) is 6.92 Å². The van der Waals surface area contributed by atoms with Gasteiger partial charge in [-0.15, -0.1) is 11.8 Å². The summed E-state index contributed by atoms with van der Waals surface area (Å²) >= 11 is 1.68. The van der Waals surface area contributed by atoms with Gasteiger partial charge in [0.2, 0.25) is 0 Å². The SMILES string of the molecule is CCOc1cc(SC)ccc1-c1nc2nccnc2[nH]1. The third-order valence-corrected chi connectivity index (χ3v) is 3.60. The number of benzene rings is 1. The number of thioether (sulfide) groups is 1. The maximum Gasteiger partial charge on any atom is 0.197 e. The van der Waals surface area contributed by atoms with Crippen LogP contribution in [0, 0.1) is 0 Å². The molecule has 1 N–H and O–H groups in total. The molecular formula is C14H14N4OS. The summed E-state index contributed by atoms with van der Waals surface area (Å²) in [5, 5.41) is 0. The minimum atomic E-state index is 0.610. The largest absolute Gasteiger partial charge is 0.493 e. The van der Waals surface area contributed by atoms with E-state index in [4.69, 9.17) is 4.74 Å². The number of nitrogens with zero attached hydrogens (tertiary/aromatic N) is 3. The summed E-state index contributed by atoms with van der Waals surface area (Å²) in [5.74, 6) is 1.54. The van der Waals surface area contributed by atoms with E-state index in [2.05, 4.69) is 26.0 Å². The Hall–Kier alpha value is -2.08. The quantitative estimate of drug-likeness (QED) is 0.746. The summed E-state index contributed by atoms with van der Waals surface area (Å²) in [6.07, 6.45) is 5.32. The molecule has 0 saturated heterocycles. The standard InChI is InChI=1S/C14H14N4OS/c1-3-19-11-8-9(20-2)4-5-10(11)12-17-13-14(18-12)16-7-6-15-13/h4-8H,3H2,1-2H3,(H,15,16,17,18). The second-order valence-electron chi connectivity index (χ2n) is 4.11. The van der Waals surface area contributed by atoms with Crippen LogP contribution in [-0.2, 0) is 0 Å². The lowest BCUT2D eigenvalue weighted by Crippen LogP contribution is -1.95. The van der Waals surface area contributed by atoms with Gasteiger partial charge < -0.3 is 9.72 Å². The summed E-state index contributed by atoms with van der Waals surface area (Å²) in [5.41, 5.74) is 2.21. The lowest BCUT2D eigenvalue weighted by atomic mass is 10.2. The highest BCUT2D eigenvalue weighted by Crippen LogP contribution is 2.32. The summed E-state index contributed by atoms with van der Waals surface area (Å²) < 4.78 is 5.72. The van der Waals surface area contributed by atoms with Crippen molar-refractivity contribution in [3.05, 3.63) is 30.6 Å². The van der Waals surface area contributed by atoms with E-state index in [9.17, 15) is 0 Å². The Labute approximate surface area is 120 Å². The first-order valence-electron chi connectivity index (χ1n) is 6.29. The molecule has 0 atom stereocenters. The van der Waals surface area contributed by atoms with Crippen LogP contribution in [0.25, 0.3) is 22.7 Å².